The third-order valence-corrected chi connectivity index (χ3v) is 5.53. The Labute approximate surface area is 155 Å². The van der Waals surface area contributed by atoms with E-state index in [0.29, 0.717) is 24.9 Å². The summed E-state index contributed by atoms with van der Waals surface area (Å²) >= 11 is 0. The Balaban J connectivity index is 2.17. The Morgan fingerprint density at radius 3 is 2.65 bits per heavy atom. The number of halogens is 2. The standard InChI is InChI=1S/C21H31F2NO2/c1-4-5-8-17-13-16(11-12-21(17,22)23)14-24(20(25)26)19-10-7-6-9-18(19)15(2)3/h6-7,9-10,15-17H,4-5,8,11-14H2,1-3H3,(H,25,26). The molecular weight excluding hydrogens is 336 g/mol. The van der Waals surface area contributed by atoms with Gasteiger partial charge in [-0.2, -0.15) is 0 Å². The molecule has 1 aromatic carbocycles. The number of carboxylic acid groups (broad SMARTS) is 1. The second kappa shape index (κ2) is 8.83. The van der Waals surface area contributed by atoms with Crippen molar-refractivity contribution in [3.63, 3.8) is 0 Å². The minimum atomic E-state index is -2.62. The van der Waals surface area contributed by atoms with Crippen LogP contribution in [0.2, 0.25) is 0 Å². The molecule has 26 heavy (non-hydrogen) atoms. The van der Waals surface area contributed by atoms with Crippen LogP contribution in [0.25, 0.3) is 0 Å². The van der Waals surface area contributed by atoms with Gasteiger partial charge in [-0.25, -0.2) is 13.6 Å². The number of hydrogen-bond acceptors (Lipinski definition) is 1. The van der Waals surface area contributed by atoms with Crippen LogP contribution < -0.4 is 4.90 Å². The van der Waals surface area contributed by atoms with E-state index in [4.69, 9.17) is 0 Å². The molecule has 1 aliphatic carbocycles. The molecule has 1 aliphatic rings. The lowest BCUT2D eigenvalue weighted by Crippen LogP contribution is -2.41. The average Bonchev–Trinajstić information content (AvgIpc) is 2.59. The summed E-state index contributed by atoms with van der Waals surface area (Å²) < 4.78 is 28.4. The normalized spacial score (nSPS) is 22.4. The number of carbonyl (C=O) groups is 1. The Morgan fingerprint density at radius 1 is 1.35 bits per heavy atom. The van der Waals surface area contributed by atoms with Crippen LogP contribution >= 0.6 is 0 Å². The van der Waals surface area contributed by atoms with Crippen molar-refractivity contribution in [2.24, 2.45) is 11.8 Å². The first-order chi connectivity index (χ1) is 12.3. The van der Waals surface area contributed by atoms with Crippen LogP contribution in [0.15, 0.2) is 24.3 Å². The lowest BCUT2D eigenvalue weighted by molar-refractivity contribution is -0.0998. The molecule has 0 bridgehead atoms. The molecule has 0 aliphatic heterocycles. The van der Waals surface area contributed by atoms with Crippen molar-refractivity contribution in [3.8, 4) is 0 Å². The number of para-hydroxylation sites is 1. The lowest BCUT2D eigenvalue weighted by Gasteiger charge is -2.38. The van der Waals surface area contributed by atoms with Gasteiger partial charge in [0, 0.05) is 18.9 Å². The number of unbranched alkanes of at least 4 members (excludes halogenated alkanes) is 1. The molecule has 1 fully saturated rings. The fraction of sp³-hybridized carbons (Fsp3) is 0.667. The molecule has 2 rings (SSSR count). The quantitative estimate of drug-likeness (QED) is 0.594. The molecule has 0 aromatic heterocycles. The molecule has 0 heterocycles. The molecule has 3 nitrogen and oxygen atoms in total. The van der Waals surface area contributed by atoms with E-state index in [1.54, 1.807) is 0 Å². The summed E-state index contributed by atoms with van der Waals surface area (Å²) in [7, 11) is 0. The van der Waals surface area contributed by atoms with E-state index in [0.717, 1.165) is 18.4 Å². The van der Waals surface area contributed by atoms with Crippen molar-refractivity contribution < 1.29 is 18.7 Å². The van der Waals surface area contributed by atoms with Crippen LogP contribution in [0.1, 0.15) is 70.8 Å². The molecule has 1 aromatic rings. The number of anilines is 1. The average molecular weight is 367 g/mol. The number of alkyl halides is 2. The Bertz CT molecular complexity index is 603. The SMILES string of the molecule is CCCCC1CC(CN(C(=O)O)c2ccccc2C(C)C)CCC1(F)F. The van der Waals surface area contributed by atoms with E-state index in [1.807, 2.05) is 45.0 Å². The van der Waals surface area contributed by atoms with Crippen LogP contribution in [0.5, 0.6) is 0 Å². The molecule has 5 heteroatoms. The zero-order chi connectivity index (χ0) is 19.3. The number of amides is 1. The summed E-state index contributed by atoms with van der Waals surface area (Å²) in [6, 6.07) is 7.49. The first-order valence-electron chi connectivity index (χ1n) is 9.73. The van der Waals surface area contributed by atoms with E-state index >= 15 is 0 Å². The van der Waals surface area contributed by atoms with E-state index in [2.05, 4.69) is 0 Å². The van der Waals surface area contributed by atoms with Gasteiger partial charge in [0.1, 0.15) is 0 Å². The summed E-state index contributed by atoms with van der Waals surface area (Å²) in [6.07, 6.45) is 1.86. The van der Waals surface area contributed by atoms with Gasteiger partial charge in [0.15, 0.2) is 0 Å². The highest BCUT2D eigenvalue weighted by atomic mass is 19.3. The summed E-state index contributed by atoms with van der Waals surface area (Å²) in [5.74, 6) is -3.07. The Hall–Kier alpha value is -1.65. The lowest BCUT2D eigenvalue weighted by atomic mass is 9.76. The largest absolute Gasteiger partial charge is 0.465 e. The van der Waals surface area contributed by atoms with Crippen LogP contribution in [0, 0.1) is 11.8 Å². The maximum absolute atomic E-state index is 14.2. The summed E-state index contributed by atoms with van der Waals surface area (Å²) in [6.45, 7) is 6.35. The third-order valence-electron chi connectivity index (χ3n) is 5.53. The van der Waals surface area contributed by atoms with E-state index in [1.165, 1.54) is 4.90 Å². The van der Waals surface area contributed by atoms with E-state index < -0.39 is 17.9 Å². The van der Waals surface area contributed by atoms with Crippen LogP contribution in [0.3, 0.4) is 0 Å². The Kier molecular flexibility index (Phi) is 7.01. The molecule has 0 spiro atoms. The van der Waals surface area contributed by atoms with Crippen molar-refractivity contribution in [2.45, 2.75) is 71.1 Å². The monoisotopic (exact) mass is 367 g/mol. The molecule has 146 valence electrons. The van der Waals surface area contributed by atoms with Gasteiger partial charge in [-0.15, -0.1) is 0 Å². The van der Waals surface area contributed by atoms with Crippen molar-refractivity contribution in [1.82, 2.24) is 0 Å². The second-order valence-corrected chi connectivity index (χ2v) is 7.85. The first kappa shape index (κ1) is 20.7. The summed E-state index contributed by atoms with van der Waals surface area (Å²) in [4.78, 5) is 13.3. The highest BCUT2D eigenvalue weighted by molar-refractivity contribution is 5.87. The molecule has 2 unspecified atom stereocenters. The van der Waals surface area contributed by atoms with Gasteiger partial charge in [0.2, 0.25) is 0 Å². The van der Waals surface area contributed by atoms with Crippen molar-refractivity contribution in [3.05, 3.63) is 29.8 Å². The molecular formula is C21H31F2NO2. The Morgan fingerprint density at radius 2 is 2.04 bits per heavy atom. The molecule has 1 saturated carbocycles. The number of hydrogen-bond donors (Lipinski definition) is 1. The summed E-state index contributed by atoms with van der Waals surface area (Å²) in [5, 5.41) is 9.75. The van der Waals surface area contributed by atoms with Crippen LogP contribution in [-0.4, -0.2) is 23.7 Å². The topological polar surface area (TPSA) is 40.5 Å². The van der Waals surface area contributed by atoms with E-state index in [-0.39, 0.29) is 24.8 Å². The highest BCUT2D eigenvalue weighted by Crippen LogP contribution is 2.44. The number of nitrogens with zero attached hydrogens (tertiary/aromatic N) is 1. The van der Waals surface area contributed by atoms with Crippen LogP contribution in [-0.2, 0) is 0 Å². The number of benzene rings is 1. The smallest absolute Gasteiger partial charge is 0.411 e. The van der Waals surface area contributed by atoms with Gasteiger partial charge < -0.3 is 5.11 Å². The number of rotatable bonds is 7. The van der Waals surface area contributed by atoms with Gasteiger partial charge in [-0.05, 0) is 42.7 Å². The predicted molar refractivity (Wildman–Crippen MR) is 101 cm³/mol. The van der Waals surface area contributed by atoms with Crippen LogP contribution in [0.4, 0.5) is 19.3 Å². The van der Waals surface area contributed by atoms with Gasteiger partial charge >= 0.3 is 6.09 Å². The fourth-order valence-corrected chi connectivity index (χ4v) is 4.00. The molecule has 0 saturated heterocycles. The van der Waals surface area contributed by atoms with Gasteiger partial charge in [0.25, 0.3) is 5.92 Å². The summed E-state index contributed by atoms with van der Waals surface area (Å²) in [5.41, 5.74) is 1.65. The van der Waals surface area contributed by atoms with Crippen molar-refractivity contribution in [1.29, 1.82) is 0 Å². The third kappa shape index (κ3) is 4.95. The molecule has 1 amide bonds. The van der Waals surface area contributed by atoms with Crippen molar-refractivity contribution in [2.75, 3.05) is 11.4 Å². The molecule has 0 radical (unpaired) electrons. The first-order valence-corrected chi connectivity index (χ1v) is 9.73. The fourth-order valence-electron chi connectivity index (χ4n) is 4.00. The zero-order valence-corrected chi connectivity index (χ0v) is 16.0. The maximum Gasteiger partial charge on any atom is 0.411 e. The molecule has 2 atom stereocenters. The minimum Gasteiger partial charge on any atom is -0.465 e. The highest BCUT2D eigenvalue weighted by Gasteiger charge is 2.44. The predicted octanol–water partition coefficient (Wildman–Crippen LogP) is 6.54. The maximum atomic E-state index is 14.2. The minimum absolute atomic E-state index is 0.0206. The second-order valence-electron chi connectivity index (χ2n) is 7.85. The van der Waals surface area contributed by atoms with Crippen molar-refractivity contribution >= 4 is 11.8 Å². The van der Waals surface area contributed by atoms with Gasteiger partial charge in [-0.1, -0.05) is 51.8 Å². The molecule has 1 N–H and O–H groups in total. The van der Waals surface area contributed by atoms with Gasteiger partial charge in [-0.3, -0.25) is 4.90 Å². The van der Waals surface area contributed by atoms with E-state index in [9.17, 15) is 18.7 Å². The zero-order valence-electron chi connectivity index (χ0n) is 16.0. The van der Waals surface area contributed by atoms with Gasteiger partial charge in [0.05, 0.1) is 5.69 Å².